The molecule has 0 saturated carbocycles. The van der Waals surface area contributed by atoms with Crippen molar-refractivity contribution >= 4 is 42.3 Å². The molecule has 0 amide bonds. The number of aryl methyl sites for hydroxylation is 1. The highest BCUT2D eigenvalue weighted by Crippen LogP contribution is 2.48. The van der Waals surface area contributed by atoms with Crippen molar-refractivity contribution in [1.82, 2.24) is 0 Å². The van der Waals surface area contributed by atoms with Gasteiger partial charge in [-0.2, -0.15) is 0 Å². The zero-order valence-corrected chi connectivity index (χ0v) is 19.3. The second-order valence-corrected chi connectivity index (χ2v) is 9.25. The maximum absolute atomic E-state index is 12.3. The molecule has 0 N–H and O–H groups in total. The number of allylic oxidation sites excluding steroid dienone is 5. The molecule has 0 spiro atoms. The van der Waals surface area contributed by atoms with Gasteiger partial charge in [0.25, 0.3) is 0 Å². The summed E-state index contributed by atoms with van der Waals surface area (Å²) in [6, 6.07) is 8.69. The lowest BCUT2D eigenvalue weighted by Gasteiger charge is -2.38. The van der Waals surface area contributed by atoms with E-state index in [4.69, 9.17) is 4.74 Å². The van der Waals surface area contributed by atoms with Crippen LogP contribution < -0.4 is 0 Å². The molecule has 0 bridgehead atoms. The van der Waals surface area contributed by atoms with Crippen LogP contribution in [0.5, 0.6) is 0 Å². The van der Waals surface area contributed by atoms with Gasteiger partial charge in [-0.15, -0.1) is 0 Å². The summed E-state index contributed by atoms with van der Waals surface area (Å²) in [5.41, 5.74) is 5.19. The van der Waals surface area contributed by atoms with Gasteiger partial charge in [-0.3, -0.25) is 4.79 Å². The summed E-state index contributed by atoms with van der Waals surface area (Å²) < 4.78 is 7.44. The molecule has 0 unspecified atom stereocenters. The number of esters is 1. The number of halogens is 2. The molecular weight excluding hydrogens is 468 g/mol. The van der Waals surface area contributed by atoms with E-state index in [1.165, 1.54) is 33.9 Å². The van der Waals surface area contributed by atoms with Crippen LogP contribution in [0.2, 0.25) is 0 Å². The van der Waals surface area contributed by atoms with Crippen LogP contribution >= 0.6 is 31.9 Å². The van der Waals surface area contributed by atoms with Crippen LogP contribution in [-0.2, 0) is 16.0 Å². The van der Waals surface area contributed by atoms with Crippen molar-refractivity contribution in [3.63, 3.8) is 0 Å². The Morgan fingerprint density at radius 3 is 2.63 bits per heavy atom. The highest BCUT2D eigenvalue weighted by molar-refractivity contribution is 9.15. The molecule has 144 valence electrons. The molecule has 0 heterocycles. The monoisotopic (exact) mass is 492 g/mol. The Kier molecular flexibility index (Phi) is 6.80. The molecule has 0 fully saturated rings. The summed E-state index contributed by atoms with van der Waals surface area (Å²) in [5.74, 6) is 0.276. The number of fused-ring (bicyclic) bond motifs is 1. The maximum Gasteiger partial charge on any atom is 0.309 e. The minimum Gasteiger partial charge on any atom is -0.469 e. The summed E-state index contributed by atoms with van der Waals surface area (Å²) in [7, 11) is 1.49. The lowest BCUT2D eigenvalue weighted by Crippen LogP contribution is -2.33. The number of methoxy groups -OCH3 is 1. The molecule has 0 radical (unpaired) electrons. The quantitative estimate of drug-likeness (QED) is 0.340. The first-order chi connectivity index (χ1) is 12.9. The third-order valence-corrected chi connectivity index (χ3v) is 7.28. The lowest BCUT2D eigenvalue weighted by molar-refractivity contribution is -0.147. The Bertz CT molecular complexity index is 802. The van der Waals surface area contributed by atoms with Crippen molar-refractivity contribution in [2.75, 3.05) is 7.11 Å². The van der Waals surface area contributed by atoms with E-state index in [1.54, 1.807) is 0 Å². The molecule has 1 aromatic rings. The molecule has 2 aliphatic carbocycles. The molecular formula is C23H26Br2O2. The second-order valence-electron chi connectivity index (χ2n) is 7.44. The summed E-state index contributed by atoms with van der Waals surface area (Å²) in [6.07, 6.45) is 8.32. The zero-order valence-electron chi connectivity index (χ0n) is 16.1. The third-order valence-electron chi connectivity index (χ3n) is 5.71. The van der Waals surface area contributed by atoms with Gasteiger partial charge in [0, 0.05) is 10.4 Å². The highest BCUT2D eigenvalue weighted by Gasteiger charge is 2.40. The molecule has 0 aliphatic heterocycles. The number of hydrogen-bond acceptors (Lipinski definition) is 2. The normalized spacial score (nSPS) is 25.7. The van der Waals surface area contributed by atoms with Gasteiger partial charge >= 0.3 is 5.97 Å². The predicted octanol–water partition coefficient (Wildman–Crippen LogP) is 6.80. The molecule has 0 aromatic heterocycles. The summed E-state index contributed by atoms with van der Waals surface area (Å²) in [4.78, 5) is 12.3. The molecule has 27 heavy (non-hydrogen) atoms. The van der Waals surface area contributed by atoms with Gasteiger partial charge in [-0.1, -0.05) is 80.8 Å². The van der Waals surface area contributed by atoms with E-state index in [0.29, 0.717) is 0 Å². The van der Waals surface area contributed by atoms with Gasteiger partial charge in [0.15, 0.2) is 0 Å². The largest absolute Gasteiger partial charge is 0.469 e. The van der Waals surface area contributed by atoms with Crippen LogP contribution in [0.3, 0.4) is 0 Å². The van der Waals surface area contributed by atoms with Crippen molar-refractivity contribution in [3.8, 4) is 0 Å². The molecule has 2 nitrogen and oxygen atoms in total. The van der Waals surface area contributed by atoms with Gasteiger partial charge in [0.2, 0.25) is 0 Å². The minimum absolute atomic E-state index is 0.0477. The second kappa shape index (κ2) is 8.91. The van der Waals surface area contributed by atoms with Crippen molar-refractivity contribution < 1.29 is 9.53 Å². The average molecular weight is 494 g/mol. The standard InChI is InChI=1S/C23H26Br2O2/c1-4-15-5-7-16(8-6-15)21(25)13-17-11-14(2)12-19-18(23(26)27-3)9-10-20(24)22(17)19/h5-8,11,13,17-19H,4,9-10,12H2,1-3H3/b21-13+/t17-,18-,19-/m0/s1. The van der Waals surface area contributed by atoms with Crippen molar-refractivity contribution in [2.24, 2.45) is 17.8 Å². The van der Waals surface area contributed by atoms with Gasteiger partial charge in [-0.05, 0) is 59.7 Å². The van der Waals surface area contributed by atoms with Crippen LogP contribution in [0.4, 0.5) is 0 Å². The molecule has 3 rings (SSSR count). The molecule has 3 atom stereocenters. The number of rotatable bonds is 4. The summed E-state index contributed by atoms with van der Waals surface area (Å²) >= 11 is 7.59. The topological polar surface area (TPSA) is 26.3 Å². The van der Waals surface area contributed by atoms with Crippen molar-refractivity contribution in [2.45, 2.75) is 39.5 Å². The van der Waals surface area contributed by atoms with Gasteiger partial charge in [0.1, 0.15) is 0 Å². The fourth-order valence-corrected chi connectivity index (χ4v) is 5.60. The molecule has 4 heteroatoms. The first kappa shape index (κ1) is 20.6. The maximum atomic E-state index is 12.3. The first-order valence-corrected chi connectivity index (χ1v) is 11.1. The van der Waals surface area contributed by atoms with Gasteiger partial charge in [-0.25, -0.2) is 0 Å². The first-order valence-electron chi connectivity index (χ1n) is 9.54. The average Bonchev–Trinajstić information content (AvgIpc) is 2.67. The predicted molar refractivity (Wildman–Crippen MR) is 119 cm³/mol. The minimum atomic E-state index is -0.0795. The SMILES string of the molecule is CCc1ccc(/C(Br)=C\[C@@H]2C=C(C)C[C@@H]3C2=C(Br)CC[C@@H]3C(=O)OC)cc1. The Morgan fingerprint density at radius 1 is 1.30 bits per heavy atom. The van der Waals surface area contributed by atoms with Crippen LogP contribution in [0, 0.1) is 17.8 Å². The van der Waals surface area contributed by atoms with Gasteiger partial charge < -0.3 is 4.74 Å². The zero-order chi connectivity index (χ0) is 19.6. The van der Waals surface area contributed by atoms with Crippen molar-refractivity contribution in [3.05, 3.63) is 63.2 Å². The molecule has 2 aliphatic rings. The third kappa shape index (κ3) is 4.48. The Morgan fingerprint density at radius 2 is 2.00 bits per heavy atom. The molecule has 0 saturated heterocycles. The van der Waals surface area contributed by atoms with Gasteiger partial charge in [0.05, 0.1) is 13.0 Å². The number of ether oxygens (including phenoxy) is 1. The van der Waals surface area contributed by atoms with Crippen LogP contribution in [-0.4, -0.2) is 13.1 Å². The van der Waals surface area contributed by atoms with E-state index in [9.17, 15) is 4.79 Å². The fourth-order valence-electron chi connectivity index (χ4n) is 4.26. The number of carbonyl (C=O) groups excluding carboxylic acids is 1. The summed E-state index contributed by atoms with van der Waals surface area (Å²) in [5, 5.41) is 0. The van der Waals surface area contributed by atoms with E-state index in [1.807, 2.05) is 0 Å². The van der Waals surface area contributed by atoms with Crippen LogP contribution in [0.25, 0.3) is 4.48 Å². The number of carbonyl (C=O) groups is 1. The van der Waals surface area contributed by atoms with E-state index in [2.05, 4.69) is 82.1 Å². The highest BCUT2D eigenvalue weighted by atomic mass is 79.9. The Balaban J connectivity index is 1.96. The lowest BCUT2D eigenvalue weighted by atomic mass is 9.67. The van der Waals surface area contributed by atoms with E-state index < -0.39 is 0 Å². The Labute approximate surface area is 179 Å². The van der Waals surface area contributed by atoms with E-state index >= 15 is 0 Å². The fraction of sp³-hybridized carbons (Fsp3) is 0.435. The van der Waals surface area contributed by atoms with Crippen molar-refractivity contribution in [1.29, 1.82) is 0 Å². The molecule has 1 aromatic carbocycles. The summed E-state index contributed by atoms with van der Waals surface area (Å²) in [6.45, 7) is 4.33. The van der Waals surface area contributed by atoms with E-state index in [0.717, 1.165) is 30.2 Å². The number of hydrogen-bond donors (Lipinski definition) is 0. The Hall–Kier alpha value is -1.13. The van der Waals surface area contributed by atoms with Crippen LogP contribution in [0.15, 0.2) is 52.0 Å². The van der Waals surface area contributed by atoms with Crippen LogP contribution in [0.1, 0.15) is 44.2 Å². The van der Waals surface area contributed by atoms with E-state index in [-0.39, 0.29) is 23.7 Å². The smallest absolute Gasteiger partial charge is 0.309 e. The number of benzene rings is 1.